The number of amides is 1. The largest absolute Gasteiger partial charge is 0.325 e. The van der Waals surface area contributed by atoms with E-state index in [1.54, 1.807) is 0 Å². The monoisotopic (exact) mass is 540 g/mol. The van der Waals surface area contributed by atoms with Gasteiger partial charge in [0, 0.05) is 26.4 Å². The first-order valence-electron chi connectivity index (χ1n) is 10.3. The maximum Gasteiger partial charge on any atom is 0.234 e. The Labute approximate surface area is 210 Å². The second-order valence-corrected chi connectivity index (χ2v) is 10.0. The van der Waals surface area contributed by atoms with Crippen LogP contribution in [0.2, 0.25) is 5.02 Å². The van der Waals surface area contributed by atoms with Gasteiger partial charge in [0.2, 0.25) is 5.91 Å². The summed E-state index contributed by atoms with van der Waals surface area (Å²) in [4.78, 5) is 12.8. The zero-order valence-corrected chi connectivity index (χ0v) is 21.6. The first-order chi connectivity index (χ1) is 15.8. The Hall–Kier alpha value is -2.61. The van der Waals surface area contributed by atoms with Crippen molar-refractivity contribution in [1.82, 2.24) is 14.8 Å². The minimum atomic E-state index is -0.0969. The number of nitrogens with zero attached hydrogens (tertiary/aromatic N) is 3. The van der Waals surface area contributed by atoms with Crippen LogP contribution >= 0.6 is 39.3 Å². The number of rotatable bonds is 6. The molecular formula is C25H22BrClN4OS. The molecule has 0 bridgehead atoms. The Morgan fingerprint density at radius 3 is 2.39 bits per heavy atom. The van der Waals surface area contributed by atoms with Crippen molar-refractivity contribution < 1.29 is 4.79 Å². The Balaban J connectivity index is 1.61. The summed E-state index contributed by atoms with van der Waals surface area (Å²) in [6.45, 7) is 6.00. The first kappa shape index (κ1) is 23.5. The molecule has 1 heterocycles. The van der Waals surface area contributed by atoms with Crippen molar-refractivity contribution in [2.75, 3.05) is 11.1 Å². The Bertz CT molecular complexity index is 1300. The van der Waals surface area contributed by atoms with Gasteiger partial charge in [0.25, 0.3) is 0 Å². The van der Waals surface area contributed by atoms with Crippen molar-refractivity contribution in [2.45, 2.75) is 25.9 Å². The van der Waals surface area contributed by atoms with Gasteiger partial charge in [-0.05, 0) is 86.0 Å². The van der Waals surface area contributed by atoms with Crippen LogP contribution < -0.4 is 5.32 Å². The SMILES string of the molecule is Cc1cccc(-n2c(SCC(=O)Nc3c(C)cc(Br)cc3C)nnc2-c2ccc(Cl)cc2)c1. The number of hydrogen-bond donors (Lipinski definition) is 1. The third-order valence-corrected chi connectivity index (χ3v) is 6.73. The van der Waals surface area contributed by atoms with Gasteiger partial charge in [0.15, 0.2) is 11.0 Å². The number of carbonyl (C=O) groups is 1. The van der Waals surface area contributed by atoms with Crippen LogP contribution in [0.5, 0.6) is 0 Å². The van der Waals surface area contributed by atoms with Crippen LogP contribution in [-0.2, 0) is 4.79 Å². The predicted octanol–water partition coefficient (Wildman–Crippen LogP) is 7.01. The van der Waals surface area contributed by atoms with Gasteiger partial charge in [-0.1, -0.05) is 51.4 Å². The normalized spacial score (nSPS) is 10.9. The van der Waals surface area contributed by atoms with Crippen molar-refractivity contribution in [1.29, 1.82) is 0 Å². The molecule has 1 amide bonds. The van der Waals surface area contributed by atoms with Gasteiger partial charge in [-0.3, -0.25) is 9.36 Å². The highest BCUT2D eigenvalue weighted by Gasteiger charge is 2.18. The molecule has 0 unspecified atom stereocenters. The molecule has 168 valence electrons. The second kappa shape index (κ2) is 10.1. The van der Waals surface area contributed by atoms with Gasteiger partial charge in [-0.25, -0.2) is 0 Å². The van der Waals surface area contributed by atoms with Crippen molar-refractivity contribution in [3.05, 3.63) is 86.8 Å². The smallest absolute Gasteiger partial charge is 0.234 e. The summed E-state index contributed by atoms with van der Waals surface area (Å²) in [5.74, 6) is 0.805. The van der Waals surface area contributed by atoms with E-state index in [0.717, 1.165) is 38.1 Å². The lowest BCUT2D eigenvalue weighted by Crippen LogP contribution is -2.16. The van der Waals surface area contributed by atoms with Crippen LogP contribution in [0.4, 0.5) is 5.69 Å². The number of thioether (sulfide) groups is 1. The second-order valence-electron chi connectivity index (χ2n) is 7.74. The molecule has 0 saturated carbocycles. The van der Waals surface area contributed by atoms with E-state index in [-0.39, 0.29) is 11.7 Å². The summed E-state index contributed by atoms with van der Waals surface area (Å²) < 4.78 is 2.97. The molecule has 0 aliphatic heterocycles. The molecule has 0 fully saturated rings. The van der Waals surface area contributed by atoms with E-state index < -0.39 is 0 Å². The van der Waals surface area contributed by atoms with E-state index >= 15 is 0 Å². The highest BCUT2D eigenvalue weighted by atomic mass is 79.9. The minimum Gasteiger partial charge on any atom is -0.325 e. The van der Waals surface area contributed by atoms with Gasteiger partial charge in [0.1, 0.15) is 0 Å². The van der Waals surface area contributed by atoms with Crippen LogP contribution in [0.3, 0.4) is 0 Å². The first-order valence-corrected chi connectivity index (χ1v) is 12.5. The Kier molecular flexibility index (Phi) is 7.22. The molecule has 0 saturated heterocycles. The summed E-state index contributed by atoms with van der Waals surface area (Å²) in [5.41, 5.74) is 5.81. The average molecular weight is 542 g/mol. The number of benzene rings is 3. The molecule has 0 aliphatic rings. The number of halogens is 2. The highest BCUT2D eigenvalue weighted by molar-refractivity contribution is 9.10. The molecule has 1 aromatic heterocycles. The van der Waals surface area contributed by atoms with E-state index in [2.05, 4.69) is 37.5 Å². The molecule has 33 heavy (non-hydrogen) atoms. The van der Waals surface area contributed by atoms with Crippen LogP contribution in [0.1, 0.15) is 16.7 Å². The summed E-state index contributed by atoms with van der Waals surface area (Å²) >= 11 is 10.9. The fraction of sp³-hybridized carbons (Fsp3) is 0.160. The summed E-state index contributed by atoms with van der Waals surface area (Å²) in [5, 5.41) is 13.2. The average Bonchev–Trinajstić information content (AvgIpc) is 3.19. The lowest BCUT2D eigenvalue weighted by molar-refractivity contribution is -0.113. The Morgan fingerprint density at radius 2 is 1.73 bits per heavy atom. The maximum absolute atomic E-state index is 12.8. The zero-order chi connectivity index (χ0) is 23.5. The van der Waals surface area contributed by atoms with Crippen LogP contribution in [0, 0.1) is 20.8 Å². The zero-order valence-electron chi connectivity index (χ0n) is 18.4. The quantitative estimate of drug-likeness (QED) is 0.267. The molecule has 0 radical (unpaired) electrons. The number of aryl methyl sites for hydroxylation is 3. The van der Waals surface area contributed by atoms with E-state index in [0.29, 0.717) is 16.0 Å². The van der Waals surface area contributed by atoms with Crippen LogP contribution in [-0.4, -0.2) is 26.4 Å². The highest BCUT2D eigenvalue weighted by Crippen LogP contribution is 2.30. The molecule has 1 N–H and O–H groups in total. The molecule has 8 heteroatoms. The summed E-state index contributed by atoms with van der Waals surface area (Å²) in [6, 6.07) is 19.6. The fourth-order valence-electron chi connectivity index (χ4n) is 3.56. The molecule has 5 nitrogen and oxygen atoms in total. The van der Waals surface area contributed by atoms with E-state index in [9.17, 15) is 4.79 Å². The number of anilines is 1. The van der Waals surface area contributed by atoms with Crippen molar-refractivity contribution >= 4 is 50.9 Å². The molecule has 0 spiro atoms. The van der Waals surface area contributed by atoms with E-state index in [1.807, 2.05) is 79.9 Å². The van der Waals surface area contributed by atoms with E-state index in [4.69, 9.17) is 11.6 Å². The third kappa shape index (κ3) is 5.49. The van der Waals surface area contributed by atoms with Gasteiger partial charge >= 0.3 is 0 Å². The van der Waals surface area contributed by atoms with Gasteiger partial charge in [-0.2, -0.15) is 0 Å². The van der Waals surface area contributed by atoms with Crippen LogP contribution in [0.25, 0.3) is 17.1 Å². The topological polar surface area (TPSA) is 59.8 Å². The van der Waals surface area contributed by atoms with Gasteiger partial charge in [-0.15, -0.1) is 10.2 Å². The fourth-order valence-corrected chi connectivity index (χ4v) is 5.13. The molecule has 0 aliphatic carbocycles. The summed E-state index contributed by atoms with van der Waals surface area (Å²) in [6.07, 6.45) is 0. The standard InChI is InChI=1S/C25H22BrClN4OS/c1-15-5-4-6-21(11-15)31-24(18-7-9-20(27)10-8-18)29-30-25(31)33-14-22(32)28-23-16(2)12-19(26)13-17(23)3/h4-13H,14H2,1-3H3,(H,28,32). The Morgan fingerprint density at radius 1 is 1.03 bits per heavy atom. The van der Waals surface area contributed by atoms with Gasteiger partial charge < -0.3 is 5.32 Å². The number of carbonyl (C=O) groups excluding carboxylic acids is 1. The molecule has 4 aromatic rings. The molecular weight excluding hydrogens is 520 g/mol. The molecule has 4 rings (SSSR count). The van der Waals surface area contributed by atoms with Gasteiger partial charge in [0.05, 0.1) is 5.75 Å². The lowest BCUT2D eigenvalue weighted by Gasteiger charge is -2.13. The van der Waals surface area contributed by atoms with Crippen molar-refractivity contribution in [3.63, 3.8) is 0 Å². The number of aromatic nitrogens is 3. The predicted molar refractivity (Wildman–Crippen MR) is 140 cm³/mol. The molecule has 0 atom stereocenters. The summed E-state index contributed by atoms with van der Waals surface area (Å²) in [7, 11) is 0. The minimum absolute atomic E-state index is 0.0969. The number of hydrogen-bond acceptors (Lipinski definition) is 4. The lowest BCUT2D eigenvalue weighted by atomic mass is 10.1. The number of nitrogens with one attached hydrogen (secondary N) is 1. The van der Waals surface area contributed by atoms with E-state index in [1.165, 1.54) is 11.8 Å². The van der Waals surface area contributed by atoms with Crippen molar-refractivity contribution in [2.24, 2.45) is 0 Å². The molecule has 3 aromatic carbocycles. The van der Waals surface area contributed by atoms with Crippen molar-refractivity contribution in [3.8, 4) is 17.1 Å². The third-order valence-electron chi connectivity index (χ3n) is 5.09. The van der Waals surface area contributed by atoms with Crippen LogP contribution in [0.15, 0.2) is 70.3 Å². The maximum atomic E-state index is 12.8.